The third-order valence-corrected chi connectivity index (χ3v) is 2.73. The van der Waals surface area contributed by atoms with Gasteiger partial charge in [0.25, 0.3) is 0 Å². The smallest absolute Gasteiger partial charge is 0.226 e. The molecule has 0 atom stereocenters. The van der Waals surface area contributed by atoms with Crippen LogP contribution in [-0.4, -0.2) is 22.0 Å². The monoisotopic (exact) mass is 286 g/mol. The minimum absolute atomic E-state index is 0.143. The lowest BCUT2D eigenvalue weighted by molar-refractivity contribution is -0.116. The van der Waals surface area contributed by atoms with E-state index in [-0.39, 0.29) is 24.6 Å². The highest BCUT2D eigenvalue weighted by Crippen LogP contribution is 2.15. The molecular weight excluding hydrogens is 271 g/mol. The first-order valence-corrected chi connectivity index (χ1v) is 6.43. The summed E-state index contributed by atoms with van der Waals surface area (Å²) in [5.41, 5.74) is 5.92. The average molecular weight is 286 g/mol. The van der Waals surface area contributed by atoms with Crippen molar-refractivity contribution in [1.29, 1.82) is 0 Å². The highest BCUT2D eigenvalue weighted by atomic mass is 19.1. The summed E-state index contributed by atoms with van der Waals surface area (Å²) < 4.78 is 15.6. The predicted molar refractivity (Wildman–Crippen MR) is 77.8 cm³/mol. The van der Waals surface area contributed by atoms with E-state index in [1.807, 2.05) is 0 Å². The Morgan fingerprint density at radius 3 is 3.00 bits per heavy atom. The van der Waals surface area contributed by atoms with E-state index in [0.717, 1.165) is 0 Å². The summed E-state index contributed by atoms with van der Waals surface area (Å²) >= 11 is 0. The van der Waals surface area contributed by atoms with Gasteiger partial charge in [0.15, 0.2) is 0 Å². The van der Waals surface area contributed by atoms with Gasteiger partial charge in [-0.25, -0.2) is 9.37 Å². The first kappa shape index (κ1) is 14.8. The van der Waals surface area contributed by atoms with Crippen molar-refractivity contribution in [2.75, 3.05) is 11.9 Å². The van der Waals surface area contributed by atoms with E-state index in [1.54, 1.807) is 29.4 Å². The van der Waals surface area contributed by atoms with Gasteiger partial charge < -0.3 is 15.6 Å². The molecule has 0 radical (unpaired) electrons. The molecule has 1 aromatic carbocycles. The molecule has 1 aromatic heterocycles. The van der Waals surface area contributed by atoms with Gasteiger partial charge in [0, 0.05) is 30.9 Å². The fourth-order valence-corrected chi connectivity index (χ4v) is 1.71. The summed E-state index contributed by atoms with van der Waals surface area (Å²) in [4.78, 5) is 15.6. The van der Waals surface area contributed by atoms with Crippen LogP contribution in [-0.2, 0) is 11.3 Å². The minimum atomic E-state index is -0.519. The van der Waals surface area contributed by atoms with Gasteiger partial charge in [-0.1, -0.05) is 11.8 Å². The topological polar surface area (TPSA) is 72.9 Å². The average Bonchev–Trinajstić information content (AvgIpc) is 2.99. The van der Waals surface area contributed by atoms with Crippen molar-refractivity contribution in [3.63, 3.8) is 0 Å². The third-order valence-electron chi connectivity index (χ3n) is 2.73. The van der Waals surface area contributed by atoms with Gasteiger partial charge in [0.05, 0.1) is 18.6 Å². The number of anilines is 1. The number of hydrogen-bond acceptors (Lipinski definition) is 3. The third kappa shape index (κ3) is 4.44. The zero-order valence-corrected chi connectivity index (χ0v) is 11.3. The van der Waals surface area contributed by atoms with Gasteiger partial charge in [-0.3, -0.25) is 4.79 Å². The highest BCUT2D eigenvalue weighted by Gasteiger charge is 2.07. The first-order valence-electron chi connectivity index (χ1n) is 6.43. The summed E-state index contributed by atoms with van der Waals surface area (Å²) in [6, 6.07) is 4.40. The van der Waals surface area contributed by atoms with Crippen LogP contribution in [0, 0.1) is 17.7 Å². The van der Waals surface area contributed by atoms with Gasteiger partial charge >= 0.3 is 0 Å². The lowest BCUT2D eigenvalue weighted by Gasteiger charge is -2.07. The number of halogens is 1. The largest absolute Gasteiger partial charge is 0.337 e. The Labute approximate surface area is 122 Å². The summed E-state index contributed by atoms with van der Waals surface area (Å²) in [7, 11) is 0. The lowest BCUT2D eigenvalue weighted by Crippen LogP contribution is -2.15. The van der Waals surface area contributed by atoms with Crippen LogP contribution in [0.25, 0.3) is 0 Å². The lowest BCUT2D eigenvalue weighted by atomic mass is 10.2. The fraction of sp³-hybridized carbons (Fsp3) is 0.200. The molecule has 0 bridgehead atoms. The Morgan fingerprint density at radius 1 is 1.48 bits per heavy atom. The molecule has 0 fully saturated rings. The number of nitrogens with two attached hydrogens (primary N) is 1. The summed E-state index contributed by atoms with van der Waals surface area (Å²) in [6.45, 7) is 0.710. The molecule has 0 saturated heterocycles. The number of aryl methyl sites for hydroxylation is 1. The maximum atomic E-state index is 13.8. The molecule has 0 aliphatic rings. The summed E-state index contributed by atoms with van der Waals surface area (Å²) in [5, 5.41) is 2.54. The molecule has 0 spiro atoms. The van der Waals surface area contributed by atoms with Crippen LogP contribution in [0.2, 0.25) is 0 Å². The molecule has 0 saturated carbocycles. The molecule has 0 aliphatic heterocycles. The molecule has 5 nitrogen and oxygen atoms in total. The summed E-state index contributed by atoms with van der Waals surface area (Å²) in [6.07, 6.45) is 5.26. The van der Waals surface area contributed by atoms with Crippen LogP contribution in [0.3, 0.4) is 0 Å². The number of benzene rings is 1. The number of nitrogens with one attached hydrogen (secondary N) is 1. The molecule has 6 heteroatoms. The Morgan fingerprint density at radius 2 is 2.33 bits per heavy atom. The quantitative estimate of drug-likeness (QED) is 0.834. The number of rotatable bonds is 4. The van der Waals surface area contributed by atoms with Crippen LogP contribution >= 0.6 is 0 Å². The molecule has 2 aromatic rings. The second kappa shape index (κ2) is 7.22. The zero-order chi connectivity index (χ0) is 15.1. The van der Waals surface area contributed by atoms with E-state index in [0.29, 0.717) is 12.1 Å². The number of aromatic nitrogens is 2. The van der Waals surface area contributed by atoms with Gasteiger partial charge in [0.1, 0.15) is 5.82 Å². The first-order chi connectivity index (χ1) is 10.2. The second-order valence-corrected chi connectivity index (χ2v) is 4.30. The molecule has 21 heavy (non-hydrogen) atoms. The van der Waals surface area contributed by atoms with Crippen molar-refractivity contribution >= 4 is 11.6 Å². The summed E-state index contributed by atoms with van der Waals surface area (Å²) in [5.74, 6) is 4.59. The highest BCUT2D eigenvalue weighted by molar-refractivity contribution is 5.90. The Kier molecular flexibility index (Phi) is 5.07. The van der Waals surface area contributed by atoms with Crippen molar-refractivity contribution in [2.45, 2.75) is 13.0 Å². The number of hydrogen-bond donors (Lipinski definition) is 2. The SMILES string of the molecule is NCC#Cc1ccc(NC(=O)CCn2ccnc2)c(F)c1. The number of carbonyl (C=O) groups is 1. The zero-order valence-electron chi connectivity index (χ0n) is 11.3. The molecule has 0 aliphatic carbocycles. The Hall–Kier alpha value is -2.65. The number of nitrogens with zero attached hydrogens (tertiary/aromatic N) is 2. The van der Waals surface area contributed by atoms with Crippen molar-refractivity contribution in [3.8, 4) is 11.8 Å². The van der Waals surface area contributed by atoms with Gasteiger partial charge in [-0.15, -0.1) is 0 Å². The Balaban J connectivity index is 1.94. The van der Waals surface area contributed by atoms with E-state index < -0.39 is 5.82 Å². The number of amides is 1. The molecule has 0 unspecified atom stereocenters. The number of imidazole rings is 1. The van der Waals surface area contributed by atoms with E-state index >= 15 is 0 Å². The van der Waals surface area contributed by atoms with Gasteiger partial charge in [0.2, 0.25) is 5.91 Å². The van der Waals surface area contributed by atoms with Crippen LogP contribution in [0.1, 0.15) is 12.0 Å². The van der Waals surface area contributed by atoms with Crippen molar-refractivity contribution in [2.24, 2.45) is 5.73 Å². The van der Waals surface area contributed by atoms with Crippen LogP contribution in [0.15, 0.2) is 36.9 Å². The standard InChI is InChI=1S/C15H15FN4O/c16-13-10-12(2-1-6-17)3-4-14(13)19-15(21)5-8-20-9-7-18-11-20/h3-4,7,9-11H,5-6,8,17H2,(H,19,21). The molecule has 1 heterocycles. The Bertz CT molecular complexity index is 671. The van der Waals surface area contributed by atoms with Crippen LogP contribution < -0.4 is 11.1 Å². The van der Waals surface area contributed by atoms with Crippen molar-refractivity contribution in [3.05, 3.63) is 48.3 Å². The van der Waals surface area contributed by atoms with E-state index in [2.05, 4.69) is 22.1 Å². The van der Waals surface area contributed by atoms with E-state index in [9.17, 15) is 9.18 Å². The molecule has 108 valence electrons. The molecular formula is C15H15FN4O. The maximum absolute atomic E-state index is 13.8. The molecule has 3 N–H and O–H groups in total. The van der Waals surface area contributed by atoms with Gasteiger partial charge in [-0.2, -0.15) is 0 Å². The predicted octanol–water partition coefficient (Wildman–Crippen LogP) is 1.36. The van der Waals surface area contributed by atoms with E-state index in [4.69, 9.17) is 5.73 Å². The maximum Gasteiger partial charge on any atom is 0.226 e. The van der Waals surface area contributed by atoms with Gasteiger partial charge in [-0.05, 0) is 18.2 Å². The second-order valence-electron chi connectivity index (χ2n) is 4.30. The molecule has 2 rings (SSSR count). The van der Waals surface area contributed by atoms with Crippen LogP contribution in [0.4, 0.5) is 10.1 Å². The van der Waals surface area contributed by atoms with Crippen molar-refractivity contribution in [1.82, 2.24) is 9.55 Å². The van der Waals surface area contributed by atoms with Crippen LogP contribution in [0.5, 0.6) is 0 Å². The normalized spacial score (nSPS) is 9.81. The fourth-order valence-electron chi connectivity index (χ4n) is 1.71. The van der Waals surface area contributed by atoms with E-state index in [1.165, 1.54) is 12.1 Å². The molecule has 1 amide bonds. The number of carbonyl (C=O) groups excluding carboxylic acids is 1. The minimum Gasteiger partial charge on any atom is -0.337 e. The van der Waals surface area contributed by atoms with Crippen molar-refractivity contribution < 1.29 is 9.18 Å².